The summed E-state index contributed by atoms with van der Waals surface area (Å²) in [4.78, 5) is 0. The van der Waals surface area contributed by atoms with Crippen molar-refractivity contribution in [2.24, 2.45) is 0 Å². The minimum Gasteiger partial charge on any atom is -0.494 e. The van der Waals surface area contributed by atoms with Gasteiger partial charge in [-0.3, -0.25) is 0 Å². The van der Waals surface area contributed by atoms with Gasteiger partial charge in [0.05, 0.1) is 26.4 Å². The third kappa shape index (κ3) is 3.93. The maximum atomic E-state index is 9.24. The summed E-state index contributed by atoms with van der Waals surface area (Å²) >= 11 is 0. The molecule has 1 heterocycles. The van der Waals surface area contributed by atoms with Gasteiger partial charge in [-0.25, -0.2) is 4.68 Å². The Balaban J connectivity index is 2.03. The quantitative estimate of drug-likeness (QED) is 0.746. The van der Waals surface area contributed by atoms with Gasteiger partial charge in [0.1, 0.15) is 29.5 Å². The van der Waals surface area contributed by atoms with E-state index in [0.717, 1.165) is 5.75 Å². The molecular formula is C14H19N3O4. The number of aliphatic hydroxyl groups is 2. The van der Waals surface area contributed by atoms with Gasteiger partial charge in [0.15, 0.2) is 0 Å². The summed E-state index contributed by atoms with van der Waals surface area (Å²) in [5.74, 6) is 1.46. The zero-order chi connectivity index (χ0) is 15.1. The second-order valence-electron chi connectivity index (χ2n) is 4.28. The SMILES string of the molecule is CCOc1ccc(OCc2c(CO)nnn2CCO)cc1. The smallest absolute Gasteiger partial charge is 0.132 e. The second-order valence-corrected chi connectivity index (χ2v) is 4.28. The molecule has 114 valence electrons. The van der Waals surface area contributed by atoms with Crippen molar-refractivity contribution in [3.63, 3.8) is 0 Å². The molecule has 0 unspecified atom stereocenters. The van der Waals surface area contributed by atoms with Gasteiger partial charge >= 0.3 is 0 Å². The first kappa shape index (κ1) is 15.3. The predicted octanol–water partition coefficient (Wildman–Crippen LogP) is 0.740. The lowest BCUT2D eigenvalue weighted by atomic mass is 10.3. The maximum Gasteiger partial charge on any atom is 0.132 e. The highest BCUT2D eigenvalue weighted by Gasteiger charge is 2.12. The minimum atomic E-state index is -0.215. The zero-order valence-corrected chi connectivity index (χ0v) is 11.9. The highest BCUT2D eigenvalue weighted by Crippen LogP contribution is 2.19. The van der Waals surface area contributed by atoms with E-state index in [-0.39, 0.29) is 19.8 Å². The fraction of sp³-hybridized carbons (Fsp3) is 0.429. The number of hydrogen-bond acceptors (Lipinski definition) is 6. The normalized spacial score (nSPS) is 10.6. The number of aromatic nitrogens is 3. The Hall–Kier alpha value is -2.12. The summed E-state index contributed by atoms with van der Waals surface area (Å²) in [6.07, 6.45) is 0. The molecule has 0 fully saturated rings. The van der Waals surface area contributed by atoms with Gasteiger partial charge in [0, 0.05) is 0 Å². The fourth-order valence-corrected chi connectivity index (χ4v) is 1.87. The molecule has 0 saturated heterocycles. The van der Waals surface area contributed by atoms with Crippen molar-refractivity contribution < 1.29 is 19.7 Å². The Labute approximate surface area is 122 Å². The molecule has 21 heavy (non-hydrogen) atoms. The van der Waals surface area contributed by atoms with Gasteiger partial charge in [0.25, 0.3) is 0 Å². The summed E-state index contributed by atoms with van der Waals surface area (Å²) in [5.41, 5.74) is 1.11. The van der Waals surface area contributed by atoms with Crippen molar-refractivity contribution in [3.05, 3.63) is 35.7 Å². The Bertz CT molecular complexity index is 554. The minimum absolute atomic E-state index is 0.0513. The third-order valence-electron chi connectivity index (χ3n) is 2.89. The Morgan fingerprint density at radius 3 is 2.33 bits per heavy atom. The Kier molecular flexibility index (Phi) is 5.53. The molecule has 2 rings (SSSR count). The van der Waals surface area contributed by atoms with Gasteiger partial charge in [-0.15, -0.1) is 5.10 Å². The summed E-state index contributed by atoms with van der Waals surface area (Å²) < 4.78 is 12.6. The largest absolute Gasteiger partial charge is 0.494 e. The van der Waals surface area contributed by atoms with Crippen LogP contribution in [0.4, 0.5) is 0 Å². The van der Waals surface area contributed by atoms with E-state index in [1.54, 1.807) is 0 Å². The van der Waals surface area contributed by atoms with Crippen LogP contribution in [0, 0.1) is 0 Å². The highest BCUT2D eigenvalue weighted by atomic mass is 16.5. The van der Waals surface area contributed by atoms with E-state index in [1.165, 1.54) is 4.68 Å². The molecule has 0 aliphatic rings. The van der Waals surface area contributed by atoms with Gasteiger partial charge in [0.2, 0.25) is 0 Å². The van der Waals surface area contributed by atoms with Crippen molar-refractivity contribution in [2.75, 3.05) is 13.2 Å². The molecule has 1 aromatic carbocycles. The van der Waals surface area contributed by atoms with Crippen LogP contribution in [0.25, 0.3) is 0 Å². The topological polar surface area (TPSA) is 89.6 Å². The summed E-state index contributed by atoms with van der Waals surface area (Å²) in [7, 11) is 0. The van der Waals surface area contributed by atoms with Crippen LogP contribution in [0.3, 0.4) is 0 Å². The van der Waals surface area contributed by atoms with E-state index in [4.69, 9.17) is 14.6 Å². The number of hydrogen-bond donors (Lipinski definition) is 2. The van der Waals surface area contributed by atoms with Crippen LogP contribution in [0.1, 0.15) is 18.3 Å². The van der Waals surface area contributed by atoms with Crippen molar-refractivity contribution in [1.29, 1.82) is 0 Å². The molecule has 7 heteroatoms. The number of rotatable bonds is 8. The maximum absolute atomic E-state index is 9.24. The molecule has 2 N–H and O–H groups in total. The summed E-state index contributed by atoms with van der Waals surface area (Å²) in [6.45, 7) is 2.81. The molecule has 0 radical (unpaired) electrons. The molecule has 1 aromatic heterocycles. The first-order chi connectivity index (χ1) is 10.3. The number of ether oxygens (including phenoxy) is 2. The lowest BCUT2D eigenvalue weighted by Gasteiger charge is -2.09. The fourth-order valence-electron chi connectivity index (χ4n) is 1.87. The van der Waals surface area contributed by atoms with Crippen LogP contribution in [0.15, 0.2) is 24.3 Å². The van der Waals surface area contributed by atoms with E-state index in [2.05, 4.69) is 10.3 Å². The molecule has 0 atom stereocenters. The highest BCUT2D eigenvalue weighted by molar-refractivity contribution is 5.31. The molecule has 0 aliphatic carbocycles. The number of aliphatic hydroxyl groups excluding tert-OH is 2. The van der Waals surface area contributed by atoms with Gasteiger partial charge < -0.3 is 19.7 Å². The lowest BCUT2D eigenvalue weighted by molar-refractivity contribution is 0.246. The zero-order valence-electron chi connectivity index (χ0n) is 11.9. The molecule has 0 saturated carbocycles. The van der Waals surface area contributed by atoms with Crippen molar-refractivity contribution >= 4 is 0 Å². The van der Waals surface area contributed by atoms with E-state index in [9.17, 15) is 5.11 Å². The van der Waals surface area contributed by atoms with E-state index >= 15 is 0 Å². The molecule has 0 spiro atoms. The van der Waals surface area contributed by atoms with Crippen LogP contribution < -0.4 is 9.47 Å². The molecule has 0 aliphatic heterocycles. The Morgan fingerprint density at radius 2 is 1.76 bits per heavy atom. The molecule has 2 aromatic rings. The standard InChI is InChI=1S/C14H19N3O4/c1-2-20-11-3-5-12(6-4-11)21-10-14-13(9-19)15-16-17(14)7-8-18/h3-6,18-19H,2,7-10H2,1H3. The molecule has 0 bridgehead atoms. The van der Waals surface area contributed by atoms with Gasteiger partial charge in [-0.1, -0.05) is 5.21 Å². The van der Waals surface area contributed by atoms with Crippen LogP contribution in [0.2, 0.25) is 0 Å². The van der Waals surface area contributed by atoms with Crippen molar-refractivity contribution in [2.45, 2.75) is 26.7 Å². The monoisotopic (exact) mass is 293 g/mol. The number of nitrogens with zero attached hydrogens (tertiary/aromatic N) is 3. The number of benzene rings is 1. The first-order valence-corrected chi connectivity index (χ1v) is 6.77. The van der Waals surface area contributed by atoms with Crippen LogP contribution in [0.5, 0.6) is 11.5 Å². The van der Waals surface area contributed by atoms with Crippen LogP contribution in [-0.2, 0) is 19.8 Å². The van der Waals surface area contributed by atoms with Gasteiger partial charge in [-0.05, 0) is 31.2 Å². The second kappa shape index (κ2) is 7.61. The molecule has 7 nitrogen and oxygen atoms in total. The molecular weight excluding hydrogens is 274 g/mol. The lowest BCUT2D eigenvalue weighted by Crippen LogP contribution is -2.11. The average molecular weight is 293 g/mol. The van der Waals surface area contributed by atoms with E-state index < -0.39 is 0 Å². The van der Waals surface area contributed by atoms with Crippen molar-refractivity contribution in [3.8, 4) is 11.5 Å². The van der Waals surface area contributed by atoms with Gasteiger partial charge in [-0.2, -0.15) is 0 Å². The third-order valence-corrected chi connectivity index (χ3v) is 2.89. The van der Waals surface area contributed by atoms with Crippen LogP contribution in [-0.4, -0.2) is 38.4 Å². The molecule has 0 amide bonds. The van der Waals surface area contributed by atoms with E-state index in [0.29, 0.717) is 30.3 Å². The van der Waals surface area contributed by atoms with Crippen LogP contribution >= 0.6 is 0 Å². The van der Waals surface area contributed by atoms with E-state index in [1.807, 2.05) is 31.2 Å². The summed E-state index contributed by atoms with van der Waals surface area (Å²) in [6, 6.07) is 7.28. The average Bonchev–Trinajstić information content (AvgIpc) is 2.89. The van der Waals surface area contributed by atoms with Crippen molar-refractivity contribution in [1.82, 2.24) is 15.0 Å². The Morgan fingerprint density at radius 1 is 1.10 bits per heavy atom. The first-order valence-electron chi connectivity index (χ1n) is 6.77. The predicted molar refractivity (Wildman–Crippen MR) is 75.0 cm³/mol. The summed E-state index contributed by atoms with van der Waals surface area (Å²) in [5, 5.41) is 26.0.